The molecular weight excluding hydrogens is 559 g/mol. The number of likely N-dealkylation sites (tertiary alicyclic amines) is 1. The molecule has 0 spiro atoms. The van der Waals surface area contributed by atoms with Gasteiger partial charge in [-0.05, 0) is 55.7 Å². The van der Waals surface area contributed by atoms with Crippen LogP contribution in [0.15, 0.2) is 66.0 Å². The molecule has 2 aromatic carbocycles. The summed E-state index contributed by atoms with van der Waals surface area (Å²) in [6, 6.07) is 13.4. The van der Waals surface area contributed by atoms with E-state index in [1.165, 1.54) is 16.5 Å². The van der Waals surface area contributed by atoms with Gasteiger partial charge in [0.05, 0.1) is 16.8 Å². The summed E-state index contributed by atoms with van der Waals surface area (Å²) < 4.78 is 27.8. The normalized spacial score (nSPS) is 17.8. The number of carbonyl (C=O) groups excluding carboxylic acids is 1. The molecule has 3 heterocycles. The van der Waals surface area contributed by atoms with Crippen molar-refractivity contribution in [3.8, 4) is 0 Å². The van der Waals surface area contributed by atoms with Crippen molar-refractivity contribution in [2.45, 2.75) is 31.2 Å². The van der Waals surface area contributed by atoms with Crippen molar-refractivity contribution in [3.63, 3.8) is 0 Å². The first-order valence-corrected chi connectivity index (χ1v) is 14.7. The van der Waals surface area contributed by atoms with E-state index in [1.54, 1.807) is 48.5 Å². The summed E-state index contributed by atoms with van der Waals surface area (Å²) in [6.45, 7) is 5.25. The van der Waals surface area contributed by atoms with Crippen LogP contribution in [0.3, 0.4) is 0 Å². The van der Waals surface area contributed by atoms with Gasteiger partial charge in [0.25, 0.3) is 10.0 Å². The number of aryl methyl sites for hydroxylation is 1. The van der Waals surface area contributed by atoms with Gasteiger partial charge < -0.3 is 15.5 Å². The summed E-state index contributed by atoms with van der Waals surface area (Å²) in [5.41, 5.74) is 1.93. The first-order valence-electron chi connectivity index (χ1n) is 12.5. The van der Waals surface area contributed by atoms with Crippen molar-refractivity contribution in [2.75, 3.05) is 30.3 Å². The second-order valence-corrected chi connectivity index (χ2v) is 12.4. The number of benzene rings is 2. The maximum atomic E-state index is 13.3. The molecular formula is C27H28Cl2N6O3S. The molecule has 1 saturated heterocycles. The molecule has 2 aromatic heterocycles. The molecule has 0 radical (unpaired) electrons. The van der Waals surface area contributed by atoms with Crippen molar-refractivity contribution < 1.29 is 13.2 Å². The van der Waals surface area contributed by atoms with Crippen LogP contribution in [0.4, 0.5) is 11.5 Å². The monoisotopic (exact) mass is 586 g/mol. The van der Waals surface area contributed by atoms with Crippen LogP contribution in [0.2, 0.25) is 10.0 Å². The SMILES string of the molecule is Cc1ccc(S(=O)(=O)n2ccc3c(NC4CN(C(=O)CNc5cc(Cl)cc(Cl)c5)CCC4C)ncnc32)cc1. The van der Waals surface area contributed by atoms with Crippen LogP contribution in [0, 0.1) is 12.8 Å². The maximum absolute atomic E-state index is 13.3. The molecule has 1 aliphatic heterocycles. The molecule has 39 heavy (non-hydrogen) atoms. The van der Waals surface area contributed by atoms with E-state index >= 15 is 0 Å². The zero-order chi connectivity index (χ0) is 27.7. The van der Waals surface area contributed by atoms with Crippen LogP contribution in [0.1, 0.15) is 18.9 Å². The standard InChI is InChI=1S/C27H28Cl2N6O3S/c1-17-3-5-22(6-4-17)39(37,38)35-10-8-23-26(31-16-32-27(23)35)33-24-15-34(9-7-18(24)2)25(36)14-30-21-12-19(28)11-20(29)13-21/h3-6,8,10-13,16,18,24,30H,7,9,14-15H2,1-2H3,(H,31,32,33). The highest BCUT2D eigenvalue weighted by molar-refractivity contribution is 7.90. The average molecular weight is 588 g/mol. The van der Waals surface area contributed by atoms with Crippen molar-refractivity contribution in [1.29, 1.82) is 0 Å². The van der Waals surface area contributed by atoms with Crippen molar-refractivity contribution in [1.82, 2.24) is 18.8 Å². The van der Waals surface area contributed by atoms with Crippen molar-refractivity contribution >= 4 is 61.7 Å². The summed E-state index contributed by atoms with van der Waals surface area (Å²) in [7, 11) is -3.83. The Bertz CT molecular complexity index is 1600. The molecule has 5 rings (SSSR count). The molecule has 1 aliphatic rings. The fourth-order valence-corrected chi connectivity index (χ4v) is 6.49. The molecule has 204 valence electrons. The Morgan fingerprint density at radius 2 is 1.79 bits per heavy atom. The number of fused-ring (bicyclic) bond motifs is 1. The van der Waals surface area contributed by atoms with E-state index < -0.39 is 10.0 Å². The number of piperidine rings is 1. The van der Waals surface area contributed by atoms with Crippen LogP contribution in [0.5, 0.6) is 0 Å². The van der Waals surface area contributed by atoms with Crippen LogP contribution >= 0.6 is 23.2 Å². The van der Waals surface area contributed by atoms with Gasteiger partial charge in [0.1, 0.15) is 12.1 Å². The Morgan fingerprint density at radius 3 is 2.51 bits per heavy atom. The number of hydrogen-bond acceptors (Lipinski definition) is 7. The number of halogens is 2. The Morgan fingerprint density at radius 1 is 1.08 bits per heavy atom. The lowest BCUT2D eigenvalue weighted by Gasteiger charge is -2.38. The fourth-order valence-electron chi connectivity index (χ4n) is 4.67. The highest BCUT2D eigenvalue weighted by Gasteiger charge is 2.30. The van der Waals surface area contributed by atoms with Crippen LogP contribution in [-0.4, -0.2) is 58.8 Å². The summed E-state index contributed by atoms with van der Waals surface area (Å²) in [5, 5.41) is 8.11. The second-order valence-electron chi connectivity index (χ2n) is 9.76. The third-order valence-corrected chi connectivity index (χ3v) is 9.08. The van der Waals surface area contributed by atoms with E-state index in [9.17, 15) is 13.2 Å². The van der Waals surface area contributed by atoms with E-state index in [0.29, 0.717) is 40.0 Å². The van der Waals surface area contributed by atoms with E-state index in [0.717, 1.165) is 12.0 Å². The Balaban J connectivity index is 1.32. The molecule has 2 N–H and O–H groups in total. The van der Waals surface area contributed by atoms with Gasteiger partial charge in [-0.25, -0.2) is 22.4 Å². The molecule has 1 amide bonds. The van der Waals surface area contributed by atoms with Gasteiger partial charge in [-0.1, -0.05) is 47.8 Å². The van der Waals surface area contributed by atoms with Gasteiger partial charge in [0.15, 0.2) is 5.65 Å². The van der Waals surface area contributed by atoms with E-state index in [1.807, 2.05) is 11.8 Å². The minimum absolute atomic E-state index is 0.0482. The molecule has 1 fully saturated rings. The topological polar surface area (TPSA) is 109 Å². The Hall–Kier alpha value is -3.34. The predicted molar refractivity (Wildman–Crippen MR) is 154 cm³/mol. The smallest absolute Gasteiger partial charge is 0.269 e. The lowest BCUT2D eigenvalue weighted by Crippen LogP contribution is -2.50. The summed E-state index contributed by atoms with van der Waals surface area (Å²) in [6.07, 6.45) is 3.65. The molecule has 0 bridgehead atoms. The van der Waals surface area contributed by atoms with Gasteiger partial charge in [0, 0.05) is 41.1 Å². The highest BCUT2D eigenvalue weighted by atomic mass is 35.5. The van der Waals surface area contributed by atoms with Crippen LogP contribution in [-0.2, 0) is 14.8 Å². The number of carbonyl (C=O) groups is 1. The lowest BCUT2D eigenvalue weighted by atomic mass is 9.93. The molecule has 4 aromatic rings. The number of rotatable bonds is 7. The van der Waals surface area contributed by atoms with E-state index in [-0.39, 0.29) is 35.0 Å². The summed E-state index contributed by atoms with van der Waals surface area (Å²) >= 11 is 12.1. The quantitative estimate of drug-likeness (QED) is 0.312. The third kappa shape index (κ3) is 5.83. The van der Waals surface area contributed by atoms with Gasteiger partial charge in [-0.15, -0.1) is 0 Å². The van der Waals surface area contributed by atoms with Gasteiger partial charge in [0.2, 0.25) is 5.91 Å². The number of anilines is 2. The van der Waals surface area contributed by atoms with E-state index in [4.69, 9.17) is 23.2 Å². The third-order valence-electron chi connectivity index (χ3n) is 6.97. The highest BCUT2D eigenvalue weighted by Crippen LogP contribution is 2.28. The zero-order valence-corrected chi connectivity index (χ0v) is 23.8. The molecule has 12 heteroatoms. The van der Waals surface area contributed by atoms with Crippen molar-refractivity contribution in [3.05, 3.63) is 76.7 Å². The van der Waals surface area contributed by atoms with Crippen molar-refractivity contribution in [2.24, 2.45) is 5.92 Å². The fraction of sp³-hybridized carbons (Fsp3) is 0.296. The largest absolute Gasteiger partial charge is 0.376 e. The summed E-state index contributed by atoms with van der Waals surface area (Å²) in [5.74, 6) is 0.737. The number of hydrogen-bond donors (Lipinski definition) is 2. The second kappa shape index (κ2) is 11.0. The Labute approximate surface area is 237 Å². The number of nitrogens with one attached hydrogen (secondary N) is 2. The Kier molecular flexibility index (Phi) is 7.70. The predicted octanol–water partition coefficient (Wildman–Crippen LogP) is 5.04. The number of aromatic nitrogens is 3. The first kappa shape index (κ1) is 27.2. The maximum Gasteiger partial charge on any atom is 0.269 e. The van der Waals surface area contributed by atoms with Gasteiger partial charge >= 0.3 is 0 Å². The minimum atomic E-state index is -3.83. The van der Waals surface area contributed by atoms with Gasteiger partial charge in [-0.3, -0.25) is 4.79 Å². The van der Waals surface area contributed by atoms with Crippen LogP contribution < -0.4 is 10.6 Å². The molecule has 9 nitrogen and oxygen atoms in total. The average Bonchev–Trinajstić information content (AvgIpc) is 3.34. The summed E-state index contributed by atoms with van der Waals surface area (Å²) in [4.78, 5) is 23.7. The molecule has 0 saturated carbocycles. The lowest BCUT2D eigenvalue weighted by molar-refractivity contribution is -0.130. The minimum Gasteiger partial charge on any atom is -0.376 e. The molecule has 0 aliphatic carbocycles. The van der Waals surface area contributed by atoms with Gasteiger partial charge in [-0.2, -0.15) is 0 Å². The number of amides is 1. The van der Waals surface area contributed by atoms with E-state index in [2.05, 4.69) is 27.5 Å². The van der Waals surface area contributed by atoms with Crippen LogP contribution in [0.25, 0.3) is 11.0 Å². The first-order chi connectivity index (χ1) is 18.6. The zero-order valence-electron chi connectivity index (χ0n) is 21.4. The molecule has 2 atom stereocenters. The molecule has 2 unspecified atom stereocenters. The number of nitrogens with zero attached hydrogens (tertiary/aromatic N) is 4.